The second-order valence-electron chi connectivity index (χ2n) is 5.10. The lowest BCUT2D eigenvalue weighted by atomic mass is 9.97. The zero-order valence-electron chi connectivity index (χ0n) is 11.8. The maximum Gasteiger partial charge on any atom is 0.408 e. The first-order chi connectivity index (χ1) is 10.3. The summed E-state index contributed by atoms with van der Waals surface area (Å²) < 4.78 is 38.7. The van der Waals surface area contributed by atoms with E-state index in [1.807, 2.05) is 0 Å². The molecule has 2 atom stereocenters. The van der Waals surface area contributed by atoms with Crippen LogP contribution < -0.4 is 5.32 Å². The Labute approximate surface area is 124 Å². The molecule has 1 aliphatic heterocycles. The van der Waals surface area contributed by atoms with Crippen molar-refractivity contribution in [3.05, 3.63) is 24.3 Å². The van der Waals surface area contributed by atoms with Gasteiger partial charge in [-0.1, -0.05) is 0 Å². The fraction of sp³-hybridized carbons (Fsp3) is 0.538. The third kappa shape index (κ3) is 3.71. The van der Waals surface area contributed by atoms with Gasteiger partial charge in [-0.2, -0.15) is 13.2 Å². The van der Waals surface area contributed by atoms with Gasteiger partial charge in [-0.15, -0.1) is 0 Å². The van der Waals surface area contributed by atoms with Crippen molar-refractivity contribution in [2.45, 2.75) is 38.0 Å². The van der Waals surface area contributed by atoms with Gasteiger partial charge >= 0.3 is 6.18 Å². The van der Waals surface area contributed by atoms with Crippen LogP contribution in [-0.2, 0) is 4.79 Å². The predicted octanol–water partition coefficient (Wildman–Crippen LogP) is 1.15. The van der Waals surface area contributed by atoms with E-state index in [9.17, 15) is 22.8 Å². The summed E-state index contributed by atoms with van der Waals surface area (Å²) in [6.07, 6.45) is -0.664. The second-order valence-corrected chi connectivity index (χ2v) is 5.10. The first-order valence-electron chi connectivity index (χ1n) is 6.69. The fourth-order valence-corrected chi connectivity index (χ4v) is 2.46. The van der Waals surface area contributed by atoms with Crippen molar-refractivity contribution < 1.29 is 22.8 Å². The van der Waals surface area contributed by atoms with Gasteiger partial charge < -0.3 is 10.2 Å². The van der Waals surface area contributed by atoms with Crippen LogP contribution in [0, 0.1) is 0 Å². The fourth-order valence-electron chi connectivity index (χ4n) is 2.46. The van der Waals surface area contributed by atoms with E-state index in [0.717, 1.165) is 11.8 Å². The van der Waals surface area contributed by atoms with Crippen LogP contribution in [0.25, 0.3) is 0 Å². The van der Waals surface area contributed by atoms with Crippen LogP contribution in [0.2, 0.25) is 0 Å². The molecule has 1 aromatic rings. The summed E-state index contributed by atoms with van der Waals surface area (Å²) >= 11 is 0. The maximum absolute atomic E-state index is 12.9. The number of nitrogens with zero attached hydrogens (tertiary/aromatic N) is 3. The monoisotopic (exact) mass is 316 g/mol. The normalized spacial score (nSPS) is 22.3. The van der Waals surface area contributed by atoms with E-state index in [4.69, 9.17) is 0 Å². The Hall–Kier alpha value is -2.19. The minimum atomic E-state index is -4.46. The number of alkyl halides is 3. The van der Waals surface area contributed by atoms with Gasteiger partial charge in [0.2, 0.25) is 5.91 Å². The molecule has 1 aromatic heterocycles. The van der Waals surface area contributed by atoms with Crippen LogP contribution in [0.1, 0.15) is 30.1 Å². The Morgan fingerprint density at radius 3 is 2.45 bits per heavy atom. The van der Waals surface area contributed by atoms with E-state index in [0.29, 0.717) is 0 Å². The van der Waals surface area contributed by atoms with E-state index in [2.05, 4.69) is 15.3 Å². The highest BCUT2D eigenvalue weighted by molar-refractivity contribution is 5.93. The summed E-state index contributed by atoms with van der Waals surface area (Å²) in [6.45, 7) is 0.924. The number of carbonyl (C=O) groups excluding carboxylic acids is 2. The Bertz CT molecular complexity index is 550. The maximum atomic E-state index is 12.9. The molecule has 1 aliphatic rings. The Balaban J connectivity index is 2.03. The predicted molar refractivity (Wildman–Crippen MR) is 69.8 cm³/mol. The van der Waals surface area contributed by atoms with Gasteiger partial charge in [0.25, 0.3) is 5.91 Å². The summed E-state index contributed by atoms with van der Waals surface area (Å²) in [4.78, 5) is 31.6. The van der Waals surface area contributed by atoms with Crippen molar-refractivity contribution in [1.29, 1.82) is 0 Å². The minimum absolute atomic E-state index is 0.146. The van der Waals surface area contributed by atoms with E-state index in [1.54, 1.807) is 0 Å². The van der Waals surface area contributed by atoms with Crippen molar-refractivity contribution in [2.75, 3.05) is 6.54 Å². The number of likely N-dealkylation sites (tertiary alicyclic amines) is 1. The average molecular weight is 316 g/mol. The van der Waals surface area contributed by atoms with Crippen molar-refractivity contribution in [3.8, 4) is 0 Å². The van der Waals surface area contributed by atoms with Crippen LogP contribution >= 0.6 is 0 Å². The molecule has 2 amide bonds. The van der Waals surface area contributed by atoms with Crippen molar-refractivity contribution in [1.82, 2.24) is 20.2 Å². The molecule has 0 radical (unpaired) electrons. The number of hydrogen-bond acceptors (Lipinski definition) is 4. The topological polar surface area (TPSA) is 75.2 Å². The Kier molecular flexibility index (Phi) is 4.62. The summed E-state index contributed by atoms with van der Waals surface area (Å²) in [5, 5.41) is 2.61. The number of aromatic nitrogens is 2. The first kappa shape index (κ1) is 16.2. The van der Waals surface area contributed by atoms with Crippen molar-refractivity contribution in [3.63, 3.8) is 0 Å². The average Bonchev–Trinajstić information content (AvgIpc) is 2.47. The summed E-state index contributed by atoms with van der Waals surface area (Å²) in [6, 6.07) is -2.33. The van der Waals surface area contributed by atoms with Gasteiger partial charge in [-0.3, -0.25) is 9.59 Å². The molecule has 0 aromatic carbocycles. The highest BCUT2D eigenvalue weighted by atomic mass is 19.4. The van der Waals surface area contributed by atoms with Crippen LogP contribution in [-0.4, -0.2) is 51.5 Å². The molecular weight excluding hydrogens is 301 g/mol. The summed E-state index contributed by atoms with van der Waals surface area (Å²) in [5.41, 5.74) is 0.217. The molecule has 22 heavy (non-hydrogen) atoms. The summed E-state index contributed by atoms with van der Waals surface area (Å²) in [7, 11) is 0. The molecule has 1 saturated heterocycles. The standard InChI is InChI=1S/C13H15F3N4O2/c1-8(21)20-6-10(2-3-11(20)13(14,15)16)19-12(22)9-4-17-7-18-5-9/h4-5,7,10-11H,2-3,6H2,1H3,(H,19,22)/t10-,11-/m1/s1. The lowest BCUT2D eigenvalue weighted by molar-refractivity contribution is -0.196. The second kappa shape index (κ2) is 6.29. The van der Waals surface area contributed by atoms with Crippen molar-refractivity contribution in [2.24, 2.45) is 0 Å². The van der Waals surface area contributed by atoms with Crippen LogP contribution in [0.3, 0.4) is 0 Å². The van der Waals surface area contributed by atoms with E-state index >= 15 is 0 Å². The largest absolute Gasteiger partial charge is 0.408 e. The van der Waals surface area contributed by atoms with Gasteiger partial charge in [-0.25, -0.2) is 9.97 Å². The molecule has 0 saturated carbocycles. The van der Waals surface area contributed by atoms with Gasteiger partial charge in [0.1, 0.15) is 12.4 Å². The van der Waals surface area contributed by atoms with Crippen LogP contribution in [0.5, 0.6) is 0 Å². The molecule has 0 bridgehead atoms. The van der Waals surface area contributed by atoms with Gasteiger partial charge in [0, 0.05) is 31.9 Å². The zero-order chi connectivity index (χ0) is 16.3. The van der Waals surface area contributed by atoms with Gasteiger partial charge in [-0.05, 0) is 12.8 Å². The number of hydrogen-bond donors (Lipinski definition) is 1. The van der Waals surface area contributed by atoms with Gasteiger partial charge in [0.15, 0.2) is 0 Å². The van der Waals surface area contributed by atoms with Crippen LogP contribution in [0.4, 0.5) is 13.2 Å². The quantitative estimate of drug-likeness (QED) is 0.888. The highest BCUT2D eigenvalue weighted by Crippen LogP contribution is 2.32. The number of halogens is 3. The Morgan fingerprint density at radius 2 is 1.91 bits per heavy atom. The van der Waals surface area contributed by atoms with Gasteiger partial charge in [0.05, 0.1) is 5.56 Å². The molecule has 2 rings (SSSR count). The third-order valence-electron chi connectivity index (χ3n) is 3.52. The number of piperidine rings is 1. The third-order valence-corrected chi connectivity index (χ3v) is 3.52. The van der Waals surface area contributed by atoms with Crippen LogP contribution in [0.15, 0.2) is 18.7 Å². The molecule has 120 valence electrons. The first-order valence-corrected chi connectivity index (χ1v) is 6.69. The molecule has 2 heterocycles. The number of amides is 2. The zero-order valence-corrected chi connectivity index (χ0v) is 11.8. The molecule has 0 unspecified atom stereocenters. The molecule has 1 fully saturated rings. The lowest BCUT2D eigenvalue weighted by Gasteiger charge is -2.40. The minimum Gasteiger partial charge on any atom is -0.347 e. The number of carbonyl (C=O) groups is 2. The molecule has 0 aliphatic carbocycles. The molecule has 6 nitrogen and oxygen atoms in total. The van der Waals surface area contributed by atoms with Crippen molar-refractivity contribution >= 4 is 11.8 Å². The van der Waals surface area contributed by atoms with E-state index < -0.39 is 30.1 Å². The smallest absolute Gasteiger partial charge is 0.347 e. The Morgan fingerprint density at radius 1 is 1.27 bits per heavy atom. The summed E-state index contributed by atoms with van der Waals surface area (Å²) in [5.74, 6) is -1.14. The van der Waals surface area contributed by atoms with E-state index in [-0.39, 0.29) is 24.9 Å². The lowest BCUT2D eigenvalue weighted by Crippen LogP contribution is -2.57. The number of rotatable bonds is 2. The number of nitrogens with one attached hydrogen (secondary N) is 1. The molecule has 0 spiro atoms. The van der Waals surface area contributed by atoms with E-state index in [1.165, 1.54) is 18.7 Å². The molecule has 1 N–H and O–H groups in total. The highest BCUT2D eigenvalue weighted by Gasteiger charge is 2.47. The SMILES string of the molecule is CC(=O)N1C[C@H](NC(=O)c2cncnc2)CC[C@@H]1C(F)(F)F. The molecule has 9 heteroatoms. The molecular formula is C13H15F3N4O2.